The molecule has 21 heavy (non-hydrogen) atoms. The van der Waals surface area contributed by atoms with E-state index in [0.29, 0.717) is 5.71 Å². The highest BCUT2D eigenvalue weighted by molar-refractivity contribution is 6.02. The predicted octanol–water partition coefficient (Wildman–Crippen LogP) is 1.72. The number of nitro groups is 1. The van der Waals surface area contributed by atoms with Crippen LogP contribution in [0.1, 0.15) is 24.3 Å². The third-order valence-electron chi connectivity index (χ3n) is 5.44. The van der Waals surface area contributed by atoms with E-state index in [1.165, 1.54) is 0 Å². The van der Waals surface area contributed by atoms with Crippen LogP contribution in [-0.4, -0.2) is 45.4 Å². The van der Waals surface area contributed by atoms with Gasteiger partial charge in [-0.25, -0.2) is 0 Å². The molecular weight excluding hydrogens is 270 g/mol. The zero-order chi connectivity index (χ0) is 14.6. The molecule has 6 nitrogen and oxygen atoms in total. The molecule has 1 aromatic carbocycles. The van der Waals surface area contributed by atoms with Crippen molar-refractivity contribution in [2.24, 2.45) is 11.1 Å². The molecule has 6 heteroatoms. The highest BCUT2D eigenvalue weighted by Gasteiger charge is 2.82. The Balaban J connectivity index is 1.83. The lowest BCUT2D eigenvalue weighted by molar-refractivity contribution is -0.501. The molecular formula is C15H17N3O3. The zero-order valence-corrected chi connectivity index (χ0v) is 11.6. The summed E-state index contributed by atoms with van der Waals surface area (Å²) in [5, 5.41) is 24.6. The smallest absolute Gasteiger partial charge is 0.246 e. The Bertz CT molecular complexity index is 610. The molecule has 3 saturated heterocycles. The van der Waals surface area contributed by atoms with Crippen LogP contribution in [0.3, 0.4) is 0 Å². The van der Waals surface area contributed by atoms with E-state index < -0.39 is 11.6 Å². The van der Waals surface area contributed by atoms with Gasteiger partial charge in [-0.3, -0.25) is 15.0 Å². The third kappa shape index (κ3) is 1.48. The van der Waals surface area contributed by atoms with E-state index in [0.717, 1.165) is 31.5 Å². The Morgan fingerprint density at radius 1 is 1.29 bits per heavy atom. The van der Waals surface area contributed by atoms with Crippen LogP contribution in [0.2, 0.25) is 0 Å². The molecule has 2 bridgehead atoms. The van der Waals surface area contributed by atoms with Gasteiger partial charge in [0.05, 0.1) is 11.6 Å². The van der Waals surface area contributed by atoms with Crippen molar-refractivity contribution >= 4 is 5.71 Å². The Morgan fingerprint density at radius 3 is 2.52 bits per heavy atom. The van der Waals surface area contributed by atoms with E-state index in [-0.39, 0.29) is 16.8 Å². The van der Waals surface area contributed by atoms with Crippen LogP contribution < -0.4 is 0 Å². The molecule has 2 unspecified atom stereocenters. The highest BCUT2D eigenvalue weighted by Crippen LogP contribution is 2.62. The Kier molecular flexibility index (Phi) is 2.60. The monoisotopic (exact) mass is 287 g/mol. The number of hydrogen-bond acceptors (Lipinski definition) is 5. The number of oxime groups is 1. The zero-order valence-electron chi connectivity index (χ0n) is 11.6. The summed E-state index contributed by atoms with van der Waals surface area (Å²) >= 11 is 0. The van der Waals surface area contributed by atoms with Crippen molar-refractivity contribution in [3.8, 4) is 0 Å². The summed E-state index contributed by atoms with van der Waals surface area (Å²) in [6.45, 7) is 1.72. The summed E-state index contributed by atoms with van der Waals surface area (Å²) in [6.07, 6.45) is 1.88. The van der Waals surface area contributed by atoms with Gasteiger partial charge >= 0.3 is 0 Å². The van der Waals surface area contributed by atoms with Crippen LogP contribution >= 0.6 is 0 Å². The molecule has 0 radical (unpaired) electrons. The predicted molar refractivity (Wildman–Crippen MR) is 76.2 cm³/mol. The number of piperidine rings is 3. The number of benzene rings is 1. The van der Waals surface area contributed by atoms with Crippen LogP contribution in [0.15, 0.2) is 35.5 Å². The van der Waals surface area contributed by atoms with Crippen LogP contribution in [0.5, 0.6) is 0 Å². The standard InChI is InChI=1S/C15H17N3O3/c19-16-13-11-6-8-17(9-7-11)15(13)12(14(15)18(20)21)10-4-2-1-3-5-10/h1-5,11-12,14,19H,6-9H2/b16-13+/t12?,14?,15-/m1/s1. The van der Waals surface area contributed by atoms with Crippen molar-refractivity contribution in [2.75, 3.05) is 13.1 Å². The number of nitrogens with zero attached hydrogens (tertiary/aromatic N) is 3. The third-order valence-corrected chi connectivity index (χ3v) is 5.44. The van der Waals surface area contributed by atoms with Gasteiger partial charge in [0.25, 0.3) is 0 Å². The summed E-state index contributed by atoms with van der Waals surface area (Å²) in [6, 6.07) is 8.90. The Hall–Kier alpha value is -1.95. The average Bonchev–Trinajstić information content (AvgIpc) is 3.19. The first-order valence-corrected chi connectivity index (χ1v) is 7.37. The van der Waals surface area contributed by atoms with Gasteiger partial charge in [-0.2, -0.15) is 0 Å². The van der Waals surface area contributed by atoms with Crippen molar-refractivity contribution in [3.63, 3.8) is 0 Å². The van der Waals surface area contributed by atoms with E-state index in [9.17, 15) is 15.3 Å². The largest absolute Gasteiger partial charge is 0.411 e. The molecule has 4 fully saturated rings. The summed E-state index contributed by atoms with van der Waals surface area (Å²) in [7, 11) is 0. The fourth-order valence-corrected chi connectivity index (χ4v) is 4.60. The SMILES string of the molecule is O=[N+]([O-])C1C(c2ccccc2)[C@@]12/C(=N/O)C1CCN2CC1. The second-order valence-electron chi connectivity index (χ2n) is 6.19. The Labute approximate surface area is 122 Å². The van der Waals surface area contributed by atoms with Crippen molar-refractivity contribution < 1.29 is 10.1 Å². The molecule has 1 aliphatic carbocycles. The van der Waals surface area contributed by atoms with Gasteiger partial charge in [-0.05, 0) is 31.5 Å². The van der Waals surface area contributed by atoms with Gasteiger partial charge in [0.2, 0.25) is 6.04 Å². The normalized spacial score (nSPS) is 42.4. The second-order valence-corrected chi connectivity index (χ2v) is 6.19. The first-order valence-electron chi connectivity index (χ1n) is 7.37. The maximum Gasteiger partial charge on any atom is 0.246 e. The van der Waals surface area contributed by atoms with Gasteiger partial charge in [0.15, 0.2) is 0 Å². The molecule has 1 aromatic rings. The van der Waals surface area contributed by atoms with Crippen LogP contribution in [0.4, 0.5) is 0 Å². The van der Waals surface area contributed by atoms with Crippen LogP contribution in [0, 0.1) is 16.0 Å². The van der Waals surface area contributed by atoms with E-state index in [1.807, 2.05) is 30.3 Å². The summed E-state index contributed by atoms with van der Waals surface area (Å²) < 4.78 is 0. The molecule has 4 aliphatic rings. The van der Waals surface area contributed by atoms with E-state index in [1.54, 1.807) is 0 Å². The number of rotatable bonds is 2. The van der Waals surface area contributed by atoms with Crippen molar-refractivity contribution in [2.45, 2.75) is 30.3 Å². The minimum Gasteiger partial charge on any atom is -0.411 e. The second kappa shape index (κ2) is 4.27. The Morgan fingerprint density at radius 2 is 1.95 bits per heavy atom. The molecule has 3 heterocycles. The van der Waals surface area contributed by atoms with Gasteiger partial charge in [-0.1, -0.05) is 35.5 Å². The molecule has 0 amide bonds. The molecule has 3 aliphatic heterocycles. The molecule has 110 valence electrons. The minimum absolute atomic E-state index is 0.191. The van der Waals surface area contributed by atoms with Crippen LogP contribution in [-0.2, 0) is 0 Å². The van der Waals surface area contributed by atoms with Crippen molar-refractivity contribution in [3.05, 3.63) is 46.0 Å². The van der Waals surface area contributed by atoms with E-state index in [2.05, 4.69) is 10.1 Å². The molecule has 1 spiro atoms. The van der Waals surface area contributed by atoms with E-state index >= 15 is 0 Å². The number of hydrogen-bond donors (Lipinski definition) is 1. The van der Waals surface area contributed by atoms with Crippen molar-refractivity contribution in [1.82, 2.24) is 4.90 Å². The fourth-order valence-electron chi connectivity index (χ4n) is 4.60. The lowest BCUT2D eigenvalue weighted by Gasteiger charge is -2.46. The molecule has 3 atom stereocenters. The summed E-state index contributed by atoms with van der Waals surface area (Å²) in [4.78, 5) is 13.6. The highest BCUT2D eigenvalue weighted by atomic mass is 16.6. The average molecular weight is 287 g/mol. The van der Waals surface area contributed by atoms with Crippen LogP contribution in [0.25, 0.3) is 0 Å². The lowest BCUT2D eigenvalue weighted by Crippen LogP contribution is -2.60. The first-order chi connectivity index (χ1) is 10.2. The fraction of sp³-hybridized carbons (Fsp3) is 0.533. The molecule has 0 aromatic heterocycles. The maximum absolute atomic E-state index is 11.6. The molecule has 1 N–H and O–H groups in total. The minimum atomic E-state index is -0.700. The van der Waals surface area contributed by atoms with Gasteiger partial charge in [0, 0.05) is 10.8 Å². The molecule has 1 saturated carbocycles. The topological polar surface area (TPSA) is 79.0 Å². The quantitative estimate of drug-likeness (QED) is 0.510. The van der Waals surface area contributed by atoms with E-state index in [4.69, 9.17) is 0 Å². The summed E-state index contributed by atoms with van der Waals surface area (Å²) in [5.41, 5.74) is 0.907. The lowest BCUT2D eigenvalue weighted by atomic mass is 9.78. The van der Waals surface area contributed by atoms with Crippen molar-refractivity contribution in [1.29, 1.82) is 0 Å². The van der Waals surface area contributed by atoms with Gasteiger partial charge < -0.3 is 5.21 Å². The first kappa shape index (κ1) is 12.8. The number of fused-ring (bicyclic) bond motifs is 2. The maximum atomic E-state index is 11.6. The summed E-state index contributed by atoms with van der Waals surface area (Å²) in [5.74, 6) is -0.0149. The van der Waals surface area contributed by atoms with Gasteiger partial charge in [0.1, 0.15) is 5.54 Å². The molecule has 5 rings (SSSR count). The van der Waals surface area contributed by atoms with Gasteiger partial charge in [-0.15, -0.1) is 0 Å².